The van der Waals surface area contributed by atoms with Gasteiger partial charge in [0, 0.05) is 28.7 Å². The van der Waals surface area contributed by atoms with Crippen LogP contribution in [0.5, 0.6) is 5.75 Å². The number of urea groups is 1. The van der Waals surface area contributed by atoms with Crippen LogP contribution >= 0.6 is 23.2 Å². The fourth-order valence-corrected chi connectivity index (χ4v) is 3.00. The lowest BCUT2D eigenvalue weighted by Gasteiger charge is -2.11. The first-order valence-electron chi connectivity index (χ1n) is 7.79. The van der Waals surface area contributed by atoms with Gasteiger partial charge in [0.15, 0.2) is 11.6 Å². The highest BCUT2D eigenvalue weighted by Gasteiger charge is 2.43. The van der Waals surface area contributed by atoms with Gasteiger partial charge in [0.25, 0.3) is 0 Å². The van der Waals surface area contributed by atoms with E-state index < -0.39 is 11.8 Å². The molecule has 8 heteroatoms. The molecule has 5 nitrogen and oxygen atoms in total. The van der Waals surface area contributed by atoms with Gasteiger partial charge in [0.2, 0.25) is 0 Å². The van der Waals surface area contributed by atoms with Crippen LogP contribution in [0.3, 0.4) is 0 Å². The lowest BCUT2D eigenvalue weighted by atomic mass is 10.1. The molecule has 2 atom stereocenters. The van der Waals surface area contributed by atoms with Gasteiger partial charge in [-0.3, -0.25) is 5.32 Å². The lowest BCUT2D eigenvalue weighted by molar-refractivity contribution is 0.251. The molecule has 0 spiro atoms. The molecule has 1 heterocycles. The SMILES string of the molecule is CCOc1ccc(Cl)c([C@H]2C[C@H]2NC(=O)Nc2ccc(Cl)cn2)c1F. The number of anilines is 1. The van der Waals surface area contributed by atoms with Crippen LogP contribution in [0.1, 0.15) is 24.8 Å². The predicted molar refractivity (Wildman–Crippen MR) is 95.1 cm³/mol. The topological polar surface area (TPSA) is 63.2 Å². The van der Waals surface area contributed by atoms with E-state index in [9.17, 15) is 9.18 Å². The molecule has 2 amide bonds. The van der Waals surface area contributed by atoms with Crippen molar-refractivity contribution in [2.75, 3.05) is 11.9 Å². The quantitative estimate of drug-likeness (QED) is 0.792. The molecular weight excluding hydrogens is 368 g/mol. The smallest absolute Gasteiger partial charge is 0.320 e. The normalized spacial score (nSPS) is 18.6. The maximum absolute atomic E-state index is 14.5. The van der Waals surface area contributed by atoms with Crippen molar-refractivity contribution < 1.29 is 13.9 Å². The number of aromatic nitrogens is 1. The largest absolute Gasteiger partial charge is 0.491 e. The molecule has 1 saturated carbocycles. The third-order valence-corrected chi connectivity index (χ3v) is 4.39. The van der Waals surface area contributed by atoms with Crippen LogP contribution in [-0.4, -0.2) is 23.7 Å². The van der Waals surface area contributed by atoms with Gasteiger partial charge in [0.05, 0.1) is 11.6 Å². The Morgan fingerprint density at radius 2 is 2.16 bits per heavy atom. The minimum atomic E-state index is -0.469. The fourth-order valence-electron chi connectivity index (χ4n) is 2.60. The molecule has 25 heavy (non-hydrogen) atoms. The van der Waals surface area contributed by atoms with Gasteiger partial charge < -0.3 is 10.1 Å². The first-order valence-corrected chi connectivity index (χ1v) is 8.55. The maximum atomic E-state index is 14.5. The minimum absolute atomic E-state index is 0.169. The molecule has 0 radical (unpaired) electrons. The summed E-state index contributed by atoms with van der Waals surface area (Å²) in [6.07, 6.45) is 2.04. The van der Waals surface area contributed by atoms with E-state index >= 15 is 0 Å². The van der Waals surface area contributed by atoms with Crippen LogP contribution in [-0.2, 0) is 0 Å². The summed E-state index contributed by atoms with van der Waals surface area (Å²) in [4.78, 5) is 16.0. The zero-order valence-electron chi connectivity index (χ0n) is 13.4. The average molecular weight is 384 g/mol. The number of halogens is 3. The summed E-state index contributed by atoms with van der Waals surface area (Å²) in [5.41, 5.74) is 0.377. The Hall–Kier alpha value is -2.05. The van der Waals surface area contributed by atoms with E-state index in [0.717, 1.165) is 0 Å². The van der Waals surface area contributed by atoms with Gasteiger partial charge in [-0.2, -0.15) is 0 Å². The van der Waals surface area contributed by atoms with Crippen molar-refractivity contribution in [3.05, 3.63) is 51.9 Å². The summed E-state index contributed by atoms with van der Waals surface area (Å²) in [6.45, 7) is 2.14. The molecule has 2 aromatic rings. The zero-order chi connectivity index (χ0) is 18.0. The van der Waals surface area contributed by atoms with Crippen LogP contribution in [0.4, 0.5) is 15.0 Å². The van der Waals surface area contributed by atoms with Gasteiger partial charge in [-0.15, -0.1) is 0 Å². The average Bonchev–Trinajstić information content (AvgIpc) is 3.31. The number of pyridine rings is 1. The van der Waals surface area contributed by atoms with Gasteiger partial charge in [-0.1, -0.05) is 23.2 Å². The van der Waals surface area contributed by atoms with Crippen molar-refractivity contribution in [1.29, 1.82) is 0 Å². The van der Waals surface area contributed by atoms with Crippen LogP contribution < -0.4 is 15.4 Å². The predicted octanol–water partition coefficient (Wildman–Crippen LogP) is 4.60. The molecule has 1 aromatic heterocycles. The Morgan fingerprint density at radius 3 is 2.84 bits per heavy atom. The molecule has 1 aliphatic rings. The number of amides is 2. The van der Waals surface area contributed by atoms with Crippen molar-refractivity contribution in [3.8, 4) is 5.75 Å². The van der Waals surface area contributed by atoms with Crippen molar-refractivity contribution in [3.63, 3.8) is 0 Å². The highest BCUT2D eigenvalue weighted by molar-refractivity contribution is 6.31. The van der Waals surface area contributed by atoms with Crippen LogP contribution in [0, 0.1) is 5.82 Å². The number of ether oxygens (including phenoxy) is 1. The van der Waals surface area contributed by atoms with Crippen LogP contribution in [0.2, 0.25) is 10.0 Å². The molecule has 0 saturated heterocycles. The number of carbonyl (C=O) groups excluding carboxylic acids is 1. The molecule has 132 valence electrons. The number of carbonyl (C=O) groups is 1. The highest BCUT2D eigenvalue weighted by atomic mass is 35.5. The summed E-state index contributed by atoms with van der Waals surface area (Å²) < 4.78 is 19.8. The van der Waals surface area contributed by atoms with Gasteiger partial charge in [0.1, 0.15) is 5.82 Å². The molecular formula is C17H16Cl2FN3O2. The molecule has 0 aliphatic heterocycles. The van der Waals surface area contributed by atoms with Crippen molar-refractivity contribution in [1.82, 2.24) is 10.3 Å². The monoisotopic (exact) mass is 383 g/mol. The third kappa shape index (κ3) is 4.14. The molecule has 1 aliphatic carbocycles. The molecule has 0 bridgehead atoms. The van der Waals surface area contributed by atoms with Crippen LogP contribution in [0.25, 0.3) is 0 Å². The number of hydrogen-bond acceptors (Lipinski definition) is 3. The number of nitrogens with zero attached hydrogens (tertiary/aromatic N) is 1. The van der Waals surface area contributed by atoms with E-state index in [-0.39, 0.29) is 17.7 Å². The molecule has 1 fully saturated rings. The highest BCUT2D eigenvalue weighted by Crippen LogP contribution is 2.46. The van der Waals surface area contributed by atoms with Crippen molar-refractivity contribution in [2.45, 2.75) is 25.3 Å². The van der Waals surface area contributed by atoms with Crippen LogP contribution in [0.15, 0.2) is 30.5 Å². The second kappa shape index (κ2) is 7.45. The second-order valence-electron chi connectivity index (χ2n) is 5.61. The van der Waals surface area contributed by atoms with E-state index in [0.29, 0.717) is 34.5 Å². The number of nitrogens with one attached hydrogen (secondary N) is 2. The zero-order valence-corrected chi connectivity index (χ0v) is 14.9. The van der Waals surface area contributed by atoms with Gasteiger partial charge in [-0.25, -0.2) is 14.2 Å². The van der Waals surface area contributed by atoms with Gasteiger partial charge in [-0.05, 0) is 37.6 Å². The number of hydrogen-bond donors (Lipinski definition) is 2. The molecule has 2 N–H and O–H groups in total. The number of rotatable bonds is 5. The fraction of sp³-hybridized carbons (Fsp3) is 0.294. The standard InChI is InChI=1S/C17H16Cl2FN3O2/c1-2-25-13-5-4-11(19)15(16(13)20)10-7-12(10)22-17(24)23-14-6-3-9(18)8-21-14/h3-6,8,10,12H,2,7H2,1H3,(H2,21,22,23,24)/t10-,12+/m0/s1. The molecule has 0 unspecified atom stereocenters. The Balaban J connectivity index is 1.64. The second-order valence-corrected chi connectivity index (χ2v) is 6.46. The Labute approximate surface area is 154 Å². The Kier molecular flexibility index (Phi) is 5.30. The Morgan fingerprint density at radius 1 is 1.36 bits per heavy atom. The van der Waals surface area contributed by atoms with E-state index in [1.54, 1.807) is 25.1 Å². The third-order valence-electron chi connectivity index (χ3n) is 3.84. The minimum Gasteiger partial charge on any atom is -0.491 e. The summed E-state index contributed by atoms with van der Waals surface area (Å²) in [5.74, 6) is -0.107. The maximum Gasteiger partial charge on any atom is 0.320 e. The Bertz CT molecular complexity index is 786. The molecule has 1 aromatic carbocycles. The van der Waals surface area contributed by atoms with Gasteiger partial charge >= 0.3 is 6.03 Å². The molecule has 3 rings (SSSR count). The van der Waals surface area contributed by atoms with Crippen molar-refractivity contribution in [2.24, 2.45) is 0 Å². The van der Waals surface area contributed by atoms with Crippen molar-refractivity contribution >= 4 is 35.1 Å². The first-order chi connectivity index (χ1) is 12.0. The summed E-state index contributed by atoms with van der Waals surface area (Å²) in [6, 6.07) is 5.72. The number of benzene rings is 1. The summed E-state index contributed by atoms with van der Waals surface area (Å²) in [5, 5.41) is 6.19. The lowest BCUT2D eigenvalue weighted by Crippen LogP contribution is -2.31. The summed E-state index contributed by atoms with van der Waals surface area (Å²) >= 11 is 11.9. The van der Waals surface area contributed by atoms with E-state index in [2.05, 4.69) is 15.6 Å². The van der Waals surface area contributed by atoms with E-state index in [1.165, 1.54) is 12.3 Å². The van der Waals surface area contributed by atoms with E-state index in [1.807, 2.05) is 0 Å². The van der Waals surface area contributed by atoms with E-state index in [4.69, 9.17) is 27.9 Å². The first kappa shape index (κ1) is 17.8. The summed E-state index contributed by atoms with van der Waals surface area (Å²) in [7, 11) is 0.